The van der Waals surface area contributed by atoms with E-state index in [9.17, 15) is 0 Å². The molecule has 2 nitrogen and oxygen atoms in total. The molecule has 0 saturated heterocycles. The third kappa shape index (κ3) is 6.19. The maximum absolute atomic E-state index is 6.01. The van der Waals surface area contributed by atoms with Gasteiger partial charge in [-0.05, 0) is 30.4 Å². The molecule has 1 rings (SSSR count). The van der Waals surface area contributed by atoms with Crippen molar-refractivity contribution in [2.24, 2.45) is 5.92 Å². The third-order valence-corrected chi connectivity index (χ3v) is 4.00. The molecule has 0 aliphatic carbocycles. The van der Waals surface area contributed by atoms with Crippen LogP contribution in [0.5, 0.6) is 0 Å². The summed E-state index contributed by atoms with van der Waals surface area (Å²) in [5, 5.41) is 0. The summed E-state index contributed by atoms with van der Waals surface area (Å²) < 4.78 is 11.6. The van der Waals surface area contributed by atoms with Gasteiger partial charge < -0.3 is 9.47 Å². The number of halogens is 2. The van der Waals surface area contributed by atoms with E-state index in [0.717, 1.165) is 23.9 Å². The van der Waals surface area contributed by atoms with Crippen molar-refractivity contribution in [1.29, 1.82) is 0 Å². The van der Waals surface area contributed by atoms with E-state index < -0.39 is 0 Å². The normalized spacial score (nSPS) is 12.6. The lowest BCUT2D eigenvalue weighted by Crippen LogP contribution is -2.12. The van der Waals surface area contributed by atoms with Crippen LogP contribution in [0.15, 0.2) is 28.7 Å². The van der Waals surface area contributed by atoms with Gasteiger partial charge in [0.15, 0.2) is 0 Å². The van der Waals surface area contributed by atoms with Gasteiger partial charge in [0.2, 0.25) is 0 Å². The van der Waals surface area contributed by atoms with Gasteiger partial charge in [0.25, 0.3) is 0 Å². The number of hydrogen-bond acceptors (Lipinski definition) is 2. The van der Waals surface area contributed by atoms with Crippen LogP contribution >= 0.6 is 27.5 Å². The Balaban J connectivity index is 2.31. The van der Waals surface area contributed by atoms with Crippen LogP contribution in [0.2, 0.25) is 0 Å². The lowest BCUT2D eigenvalue weighted by atomic mass is 9.98. The molecule has 0 heterocycles. The summed E-state index contributed by atoms with van der Waals surface area (Å²) >= 11 is 9.58. The molecule has 0 aliphatic heterocycles. The van der Waals surface area contributed by atoms with Gasteiger partial charge >= 0.3 is 0 Å². The van der Waals surface area contributed by atoms with E-state index in [1.807, 2.05) is 6.07 Å². The molecule has 0 spiro atoms. The summed E-state index contributed by atoms with van der Waals surface area (Å²) in [6.07, 6.45) is 1.97. The number of methoxy groups -OCH3 is 1. The molecule has 4 heteroatoms. The average molecular weight is 336 g/mol. The lowest BCUT2D eigenvalue weighted by Gasteiger charge is -2.15. The summed E-state index contributed by atoms with van der Waals surface area (Å²) in [6, 6.07) is 8.28. The van der Waals surface area contributed by atoms with Gasteiger partial charge in [-0.1, -0.05) is 34.1 Å². The molecule has 0 bridgehead atoms. The lowest BCUT2D eigenvalue weighted by molar-refractivity contribution is 0.0647. The second-order valence-electron chi connectivity index (χ2n) is 4.21. The molecule has 1 atom stereocenters. The zero-order valence-corrected chi connectivity index (χ0v) is 13.0. The van der Waals surface area contributed by atoms with Crippen molar-refractivity contribution in [2.45, 2.75) is 12.8 Å². The fraction of sp³-hybridized carbons (Fsp3) is 0.571. The Kier molecular flexibility index (Phi) is 8.68. The van der Waals surface area contributed by atoms with Crippen molar-refractivity contribution in [1.82, 2.24) is 0 Å². The molecule has 0 fully saturated rings. The van der Waals surface area contributed by atoms with Crippen LogP contribution in [0.25, 0.3) is 0 Å². The molecule has 1 aromatic rings. The van der Waals surface area contributed by atoms with E-state index in [0.29, 0.717) is 25.0 Å². The zero-order chi connectivity index (χ0) is 13.2. The summed E-state index contributed by atoms with van der Waals surface area (Å²) in [5.74, 6) is 1.11. The Morgan fingerprint density at radius 3 is 2.67 bits per heavy atom. The molecular weight excluding hydrogens is 316 g/mol. The fourth-order valence-corrected chi connectivity index (χ4v) is 2.41. The minimum absolute atomic E-state index is 0.452. The van der Waals surface area contributed by atoms with Gasteiger partial charge in [0, 0.05) is 24.1 Å². The summed E-state index contributed by atoms with van der Waals surface area (Å²) in [7, 11) is 1.68. The van der Waals surface area contributed by atoms with Crippen molar-refractivity contribution in [3.05, 3.63) is 34.3 Å². The van der Waals surface area contributed by atoms with Crippen LogP contribution in [0.4, 0.5) is 0 Å². The minimum Gasteiger partial charge on any atom is -0.382 e. The first-order valence-corrected chi connectivity index (χ1v) is 7.46. The number of rotatable bonds is 9. The highest BCUT2D eigenvalue weighted by atomic mass is 79.9. The fourth-order valence-electron chi connectivity index (χ4n) is 1.70. The predicted molar refractivity (Wildman–Crippen MR) is 79.4 cm³/mol. The molecule has 102 valence electrons. The highest BCUT2D eigenvalue weighted by Gasteiger charge is 2.10. The van der Waals surface area contributed by atoms with Crippen LogP contribution in [0.3, 0.4) is 0 Å². The zero-order valence-electron chi connectivity index (χ0n) is 10.7. The highest BCUT2D eigenvalue weighted by molar-refractivity contribution is 9.10. The first-order valence-electron chi connectivity index (χ1n) is 6.14. The molecule has 0 N–H and O–H groups in total. The van der Waals surface area contributed by atoms with Crippen molar-refractivity contribution >= 4 is 27.5 Å². The summed E-state index contributed by atoms with van der Waals surface area (Å²) in [5.41, 5.74) is 1.31. The summed E-state index contributed by atoms with van der Waals surface area (Å²) in [6.45, 7) is 2.04. The van der Waals surface area contributed by atoms with E-state index in [4.69, 9.17) is 21.1 Å². The van der Waals surface area contributed by atoms with Crippen LogP contribution in [-0.2, 0) is 15.9 Å². The van der Waals surface area contributed by atoms with Gasteiger partial charge in [-0.25, -0.2) is 0 Å². The van der Waals surface area contributed by atoms with Gasteiger partial charge in [0.05, 0.1) is 13.2 Å². The Bertz CT molecular complexity index is 333. The van der Waals surface area contributed by atoms with Crippen molar-refractivity contribution in [3.63, 3.8) is 0 Å². The molecule has 0 aromatic heterocycles. The monoisotopic (exact) mass is 334 g/mol. The first kappa shape index (κ1) is 16.0. The molecule has 18 heavy (non-hydrogen) atoms. The van der Waals surface area contributed by atoms with Crippen molar-refractivity contribution in [3.8, 4) is 0 Å². The van der Waals surface area contributed by atoms with Gasteiger partial charge in [-0.2, -0.15) is 0 Å². The Labute approximate surface area is 123 Å². The van der Waals surface area contributed by atoms with Crippen molar-refractivity contribution in [2.75, 3.05) is 32.8 Å². The first-order chi connectivity index (χ1) is 8.77. The number of ether oxygens (including phenoxy) is 2. The van der Waals surface area contributed by atoms with E-state index in [2.05, 4.69) is 34.1 Å². The third-order valence-electron chi connectivity index (χ3n) is 2.79. The minimum atomic E-state index is 0.452. The Morgan fingerprint density at radius 1 is 1.22 bits per heavy atom. The maximum Gasteiger partial charge on any atom is 0.0700 e. The Hall–Kier alpha value is -0.0900. The van der Waals surface area contributed by atoms with Gasteiger partial charge in [0.1, 0.15) is 0 Å². The van der Waals surface area contributed by atoms with Crippen LogP contribution < -0.4 is 0 Å². The molecular formula is C14H20BrClO2. The quantitative estimate of drug-likeness (QED) is 0.503. The standard InChI is InChI=1S/C14H20BrClO2/c1-17-8-9-18-7-6-12(11-16)10-13-4-2-3-5-14(13)15/h2-5,12H,6-11H2,1H3. The number of alkyl halides is 1. The van der Waals surface area contributed by atoms with E-state index >= 15 is 0 Å². The largest absolute Gasteiger partial charge is 0.382 e. The molecule has 0 saturated carbocycles. The van der Waals surface area contributed by atoms with Gasteiger partial charge in [-0.3, -0.25) is 0 Å². The van der Waals surface area contributed by atoms with Gasteiger partial charge in [-0.15, -0.1) is 11.6 Å². The molecule has 0 radical (unpaired) electrons. The second-order valence-corrected chi connectivity index (χ2v) is 5.37. The topological polar surface area (TPSA) is 18.5 Å². The molecule has 0 aliphatic rings. The molecule has 1 aromatic carbocycles. The molecule has 1 unspecified atom stereocenters. The molecule has 0 amide bonds. The highest BCUT2D eigenvalue weighted by Crippen LogP contribution is 2.21. The second kappa shape index (κ2) is 9.79. The smallest absolute Gasteiger partial charge is 0.0700 e. The van der Waals surface area contributed by atoms with Crippen LogP contribution in [0.1, 0.15) is 12.0 Å². The predicted octanol–water partition coefficient (Wildman–Crippen LogP) is 3.90. The van der Waals surface area contributed by atoms with E-state index in [1.165, 1.54) is 5.56 Å². The SMILES string of the molecule is COCCOCCC(CCl)Cc1ccccc1Br. The average Bonchev–Trinajstić information content (AvgIpc) is 2.39. The van der Waals surface area contributed by atoms with E-state index in [1.54, 1.807) is 7.11 Å². The summed E-state index contributed by atoms with van der Waals surface area (Å²) in [4.78, 5) is 0. The maximum atomic E-state index is 6.01. The number of benzene rings is 1. The Morgan fingerprint density at radius 2 is 2.00 bits per heavy atom. The van der Waals surface area contributed by atoms with Crippen LogP contribution in [-0.4, -0.2) is 32.8 Å². The van der Waals surface area contributed by atoms with E-state index in [-0.39, 0.29) is 0 Å². The van der Waals surface area contributed by atoms with Crippen molar-refractivity contribution < 1.29 is 9.47 Å². The number of hydrogen-bond donors (Lipinski definition) is 0. The van der Waals surface area contributed by atoms with Crippen LogP contribution in [0, 0.1) is 5.92 Å².